The average molecular weight is 478 g/mol. The molecule has 0 aliphatic carbocycles. The number of morpholine rings is 1. The molecule has 1 aliphatic heterocycles. The van der Waals surface area contributed by atoms with Crippen molar-refractivity contribution in [3.8, 4) is 5.75 Å². The molecular weight excluding hydrogens is 457 g/mol. The minimum atomic E-state index is -0.340. The van der Waals surface area contributed by atoms with Crippen molar-refractivity contribution in [1.29, 1.82) is 0 Å². The third kappa shape index (κ3) is 4.71. The number of carbonyl (C=O) groups excluding carboxylic acids is 1. The number of nitrogens with zero attached hydrogens (tertiary/aromatic N) is 3. The van der Waals surface area contributed by atoms with Crippen LogP contribution in [-0.2, 0) is 11.3 Å². The molecule has 0 saturated carbocycles. The minimum Gasteiger partial charge on any atom is -0.487 e. The van der Waals surface area contributed by atoms with E-state index in [9.17, 15) is 9.18 Å². The third-order valence-electron chi connectivity index (χ3n) is 5.62. The van der Waals surface area contributed by atoms with E-state index in [1.165, 1.54) is 12.1 Å². The normalized spacial score (nSPS) is 13.8. The zero-order chi connectivity index (χ0) is 23.5. The molecule has 34 heavy (non-hydrogen) atoms. The van der Waals surface area contributed by atoms with Crippen LogP contribution < -0.4 is 9.64 Å². The van der Waals surface area contributed by atoms with E-state index in [1.807, 2.05) is 0 Å². The molecule has 0 unspecified atom stereocenters. The molecule has 0 radical (unpaired) electrons. The van der Waals surface area contributed by atoms with Gasteiger partial charge in [-0.3, -0.25) is 9.78 Å². The van der Waals surface area contributed by atoms with E-state index < -0.39 is 0 Å². The van der Waals surface area contributed by atoms with E-state index in [-0.39, 0.29) is 23.2 Å². The van der Waals surface area contributed by atoms with Crippen LogP contribution in [0.15, 0.2) is 66.9 Å². The maximum absolute atomic E-state index is 13.4. The average Bonchev–Trinajstić information content (AvgIpc) is 2.87. The molecule has 1 saturated heterocycles. The smallest absolute Gasteiger partial charge is 0.194 e. The molecule has 3 aromatic carbocycles. The Morgan fingerprint density at radius 1 is 1.06 bits per heavy atom. The zero-order valence-electron chi connectivity index (χ0n) is 18.2. The second-order valence-electron chi connectivity index (χ2n) is 7.90. The van der Waals surface area contributed by atoms with Crippen LogP contribution >= 0.6 is 11.6 Å². The van der Waals surface area contributed by atoms with Crippen LogP contribution in [0, 0.1) is 5.82 Å². The Morgan fingerprint density at radius 2 is 1.88 bits per heavy atom. The summed E-state index contributed by atoms with van der Waals surface area (Å²) in [5, 5.41) is 0.206. The summed E-state index contributed by atoms with van der Waals surface area (Å²) in [6.45, 7) is 2.92. The van der Waals surface area contributed by atoms with Crippen LogP contribution in [0.25, 0.3) is 11.0 Å². The lowest BCUT2D eigenvalue weighted by atomic mass is 10.0. The molecular formula is C26H21ClFN3O3. The molecule has 0 spiro atoms. The van der Waals surface area contributed by atoms with Crippen molar-refractivity contribution >= 4 is 34.2 Å². The number of ether oxygens (including phenoxy) is 2. The number of carbonyl (C=O) groups is 1. The summed E-state index contributed by atoms with van der Waals surface area (Å²) in [4.78, 5) is 24.6. The molecule has 1 aliphatic rings. The SMILES string of the molecule is O=C(c1ccc2ncc(N3CCOCC3)nc2c1)c1cccc(OCc2cccc(F)c2)c1Cl. The molecule has 172 valence electrons. The largest absolute Gasteiger partial charge is 0.487 e. The van der Waals surface area contributed by atoms with Gasteiger partial charge in [0.1, 0.15) is 24.0 Å². The number of aromatic nitrogens is 2. The van der Waals surface area contributed by atoms with Gasteiger partial charge in [0.25, 0.3) is 0 Å². The number of halogens is 2. The quantitative estimate of drug-likeness (QED) is 0.361. The van der Waals surface area contributed by atoms with Crippen molar-refractivity contribution in [1.82, 2.24) is 9.97 Å². The molecule has 0 atom stereocenters. The van der Waals surface area contributed by atoms with Gasteiger partial charge in [0.2, 0.25) is 0 Å². The van der Waals surface area contributed by atoms with Gasteiger partial charge in [-0.2, -0.15) is 0 Å². The predicted molar refractivity (Wildman–Crippen MR) is 128 cm³/mol. The first-order valence-corrected chi connectivity index (χ1v) is 11.3. The summed E-state index contributed by atoms with van der Waals surface area (Å²) in [5.74, 6) is 0.520. The highest BCUT2D eigenvalue weighted by Gasteiger charge is 2.18. The first-order chi connectivity index (χ1) is 16.6. The number of ketones is 1. The topological polar surface area (TPSA) is 64.6 Å². The summed E-state index contributed by atoms with van der Waals surface area (Å²) < 4.78 is 24.6. The lowest BCUT2D eigenvalue weighted by Gasteiger charge is -2.27. The fourth-order valence-corrected chi connectivity index (χ4v) is 4.10. The monoisotopic (exact) mass is 477 g/mol. The van der Waals surface area contributed by atoms with Gasteiger partial charge < -0.3 is 14.4 Å². The highest BCUT2D eigenvalue weighted by atomic mass is 35.5. The van der Waals surface area contributed by atoms with Crippen molar-refractivity contribution in [2.24, 2.45) is 0 Å². The molecule has 1 aromatic heterocycles. The van der Waals surface area contributed by atoms with Gasteiger partial charge in [-0.25, -0.2) is 9.37 Å². The third-order valence-corrected chi connectivity index (χ3v) is 6.01. The Morgan fingerprint density at radius 3 is 2.71 bits per heavy atom. The summed E-state index contributed by atoms with van der Waals surface area (Å²) in [6.07, 6.45) is 1.74. The second-order valence-corrected chi connectivity index (χ2v) is 8.27. The number of benzene rings is 3. The molecule has 6 nitrogen and oxygen atoms in total. The minimum absolute atomic E-state index is 0.130. The van der Waals surface area contributed by atoms with Gasteiger partial charge in [0, 0.05) is 24.2 Å². The molecule has 1 fully saturated rings. The van der Waals surface area contributed by atoms with Crippen molar-refractivity contribution in [2.45, 2.75) is 6.61 Å². The van der Waals surface area contributed by atoms with Gasteiger partial charge in [-0.1, -0.05) is 29.8 Å². The van der Waals surface area contributed by atoms with E-state index in [0.29, 0.717) is 46.7 Å². The van der Waals surface area contributed by atoms with E-state index >= 15 is 0 Å². The number of fused-ring (bicyclic) bond motifs is 1. The van der Waals surface area contributed by atoms with Crippen LogP contribution in [0.3, 0.4) is 0 Å². The molecule has 4 aromatic rings. The van der Waals surface area contributed by atoms with E-state index in [0.717, 1.165) is 18.9 Å². The van der Waals surface area contributed by atoms with E-state index in [2.05, 4.69) is 9.88 Å². The van der Waals surface area contributed by atoms with E-state index in [1.54, 1.807) is 54.7 Å². The number of anilines is 1. The van der Waals surface area contributed by atoms with Crippen molar-refractivity contribution in [3.63, 3.8) is 0 Å². The number of hydrogen-bond donors (Lipinski definition) is 0. The van der Waals surface area contributed by atoms with Gasteiger partial charge in [0.05, 0.1) is 35.5 Å². The maximum atomic E-state index is 13.4. The standard InChI is InChI=1S/C26H21ClFN3O3/c27-25-20(5-2-6-23(25)34-16-17-3-1-4-19(28)13-17)26(32)18-7-8-21-22(14-18)30-24(15-29-21)31-9-11-33-12-10-31/h1-8,13-15H,9-12,16H2. The van der Waals surface area contributed by atoms with Gasteiger partial charge >= 0.3 is 0 Å². The molecule has 0 N–H and O–H groups in total. The molecule has 5 rings (SSSR count). The van der Waals surface area contributed by atoms with Crippen LogP contribution in [0.1, 0.15) is 21.5 Å². The van der Waals surface area contributed by atoms with Crippen LogP contribution in [0.4, 0.5) is 10.2 Å². The molecule has 8 heteroatoms. The first-order valence-electron chi connectivity index (χ1n) is 10.9. The summed E-state index contributed by atoms with van der Waals surface area (Å²) in [7, 11) is 0. The summed E-state index contributed by atoms with van der Waals surface area (Å²) in [6, 6.07) is 16.4. The Bertz CT molecular complexity index is 1360. The van der Waals surface area contributed by atoms with Gasteiger partial charge in [-0.15, -0.1) is 0 Å². The van der Waals surface area contributed by atoms with Gasteiger partial charge in [-0.05, 0) is 48.0 Å². The molecule has 2 heterocycles. The van der Waals surface area contributed by atoms with Crippen LogP contribution in [-0.4, -0.2) is 42.1 Å². The molecule has 0 amide bonds. The summed E-state index contributed by atoms with van der Waals surface area (Å²) in [5.41, 5.74) is 2.76. The Balaban J connectivity index is 1.40. The number of hydrogen-bond acceptors (Lipinski definition) is 6. The molecule has 0 bridgehead atoms. The van der Waals surface area contributed by atoms with Crippen molar-refractivity contribution in [3.05, 3.63) is 94.4 Å². The predicted octanol–water partition coefficient (Wildman–Crippen LogP) is 5.07. The maximum Gasteiger partial charge on any atom is 0.194 e. The van der Waals surface area contributed by atoms with Gasteiger partial charge in [0.15, 0.2) is 5.78 Å². The fraction of sp³-hybridized carbons (Fsp3) is 0.192. The first kappa shape index (κ1) is 22.3. The Labute approximate surface area is 200 Å². The van der Waals surface area contributed by atoms with E-state index in [4.69, 9.17) is 26.1 Å². The lowest BCUT2D eigenvalue weighted by molar-refractivity contribution is 0.103. The van der Waals surface area contributed by atoms with Crippen LogP contribution in [0.2, 0.25) is 5.02 Å². The highest BCUT2D eigenvalue weighted by Crippen LogP contribution is 2.31. The Kier molecular flexibility index (Phi) is 6.38. The Hall–Kier alpha value is -3.55. The van der Waals surface area contributed by atoms with Crippen molar-refractivity contribution in [2.75, 3.05) is 31.2 Å². The highest BCUT2D eigenvalue weighted by molar-refractivity contribution is 6.36. The lowest BCUT2D eigenvalue weighted by Crippen LogP contribution is -2.36. The summed E-state index contributed by atoms with van der Waals surface area (Å²) >= 11 is 6.53. The second kappa shape index (κ2) is 9.75. The van der Waals surface area contributed by atoms with Crippen LogP contribution in [0.5, 0.6) is 5.75 Å². The van der Waals surface area contributed by atoms with Crippen molar-refractivity contribution < 1.29 is 18.7 Å². The zero-order valence-corrected chi connectivity index (χ0v) is 19.0. The fourth-order valence-electron chi connectivity index (χ4n) is 3.83. The number of rotatable bonds is 6.